The molecule has 198 valence electrons. The Morgan fingerprint density at radius 2 is 1.79 bits per heavy atom. The number of fused-ring (bicyclic) bond motifs is 3. The van der Waals surface area contributed by atoms with E-state index in [0.29, 0.717) is 33.5 Å². The first-order valence-electron chi connectivity index (χ1n) is 12.9. The molecule has 9 heteroatoms. The van der Waals surface area contributed by atoms with E-state index < -0.39 is 24.5 Å². The summed E-state index contributed by atoms with van der Waals surface area (Å²) in [4.78, 5) is 46.0. The summed E-state index contributed by atoms with van der Waals surface area (Å²) in [6.45, 7) is -0.467. The van der Waals surface area contributed by atoms with Gasteiger partial charge in [-0.1, -0.05) is 24.3 Å². The molecule has 6 rings (SSSR count). The van der Waals surface area contributed by atoms with Crippen molar-refractivity contribution in [3.63, 3.8) is 0 Å². The van der Waals surface area contributed by atoms with E-state index in [0.717, 1.165) is 64.3 Å². The normalized spacial score (nSPS) is 15.2. The Labute approximate surface area is 233 Å². The van der Waals surface area contributed by atoms with Crippen LogP contribution in [0.2, 0.25) is 0 Å². The number of carbonyl (C=O) groups excluding carboxylic acids is 3. The number of para-hydroxylation sites is 1. The molecule has 1 amide bonds. The summed E-state index contributed by atoms with van der Waals surface area (Å²) in [6, 6.07) is 11.6. The van der Waals surface area contributed by atoms with Crippen LogP contribution in [0.5, 0.6) is 0 Å². The molecule has 1 N–H and O–H groups in total. The van der Waals surface area contributed by atoms with E-state index in [1.54, 1.807) is 11.3 Å². The molecule has 0 unspecified atom stereocenters. The summed E-state index contributed by atoms with van der Waals surface area (Å²) in [5.74, 6) is -1.53. The van der Waals surface area contributed by atoms with E-state index >= 15 is 0 Å². The quantitative estimate of drug-likeness (QED) is 0.279. The van der Waals surface area contributed by atoms with E-state index in [4.69, 9.17) is 14.5 Å². The minimum absolute atomic E-state index is 0.411. The van der Waals surface area contributed by atoms with Gasteiger partial charge in [-0.2, -0.15) is 0 Å². The van der Waals surface area contributed by atoms with Gasteiger partial charge in [-0.3, -0.25) is 4.79 Å². The van der Waals surface area contributed by atoms with Gasteiger partial charge >= 0.3 is 11.9 Å². The number of nitrogens with one attached hydrogen (secondary N) is 1. The van der Waals surface area contributed by atoms with Crippen molar-refractivity contribution < 1.29 is 23.9 Å². The van der Waals surface area contributed by atoms with Crippen LogP contribution in [-0.4, -0.2) is 36.5 Å². The minimum Gasteiger partial charge on any atom is -0.465 e. The van der Waals surface area contributed by atoms with Gasteiger partial charge < -0.3 is 14.8 Å². The molecule has 0 atom stereocenters. The number of thiophene rings is 2. The standard InChI is InChI=1S/C30H26N2O5S2/c1-36-29(34)26-20-10-5-13-23(20)39-28(26)32-24(33)16-37-30(35)25-19-9-2-3-12-22(19)31-27-17(7-4-11-21(25)27)15-18-8-6-14-38-18/h2-3,6,8-9,12,14-15H,4-5,7,10-11,13,16H2,1H3,(H,32,33)/b17-15+. The van der Waals surface area contributed by atoms with Gasteiger partial charge in [0.25, 0.3) is 5.91 Å². The molecule has 4 aromatic rings. The largest absolute Gasteiger partial charge is 0.465 e. The van der Waals surface area contributed by atoms with Crippen LogP contribution in [0.25, 0.3) is 22.6 Å². The van der Waals surface area contributed by atoms with E-state index in [2.05, 4.69) is 17.5 Å². The van der Waals surface area contributed by atoms with Crippen molar-refractivity contribution in [1.82, 2.24) is 4.98 Å². The van der Waals surface area contributed by atoms with Crippen LogP contribution in [0.1, 0.15) is 66.6 Å². The molecule has 3 aromatic heterocycles. The van der Waals surface area contributed by atoms with Crippen molar-refractivity contribution in [2.75, 3.05) is 19.0 Å². The summed E-state index contributed by atoms with van der Waals surface area (Å²) in [5.41, 5.74) is 5.30. The van der Waals surface area contributed by atoms with Crippen molar-refractivity contribution in [2.45, 2.75) is 38.5 Å². The molecule has 2 aliphatic carbocycles. The minimum atomic E-state index is -0.556. The lowest BCUT2D eigenvalue weighted by molar-refractivity contribution is -0.119. The third kappa shape index (κ3) is 4.88. The summed E-state index contributed by atoms with van der Waals surface area (Å²) in [5, 5.41) is 5.97. The van der Waals surface area contributed by atoms with E-state index in [1.165, 1.54) is 18.4 Å². The number of amides is 1. The Morgan fingerprint density at radius 1 is 0.974 bits per heavy atom. The number of ether oxygens (including phenoxy) is 2. The highest BCUT2D eigenvalue weighted by atomic mass is 32.1. The number of carbonyl (C=O) groups is 3. The predicted octanol–water partition coefficient (Wildman–Crippen LogP) is 6.31. The molecule has 0 aliphatic heterocycles. The van der Waals surface area contributed by atoms with Gasteiger partial charge in [0.1, 0.15) is 5.00 Å². The Hall–Kier alpha value is -3.82. The fourth-order valence-electron chi connectivity index (χ4n) is 5.43. The zero-order chi connectivity index (χ0) is 26.9. The fourth-order valence-corrected chi connectivity index (χ4v) is 7.40. The number of aryl methyl sites for hydroxylation is 1. The molecular formula is C30H26N2O5S2. The van der Waals surface area contributed by atoms with Crippen LogP contribution in [0.3, 0.4) is 0 Å². The van der Waals surface area contributed by atoms with Crippen molar-refractivity contribution in [2.24, 2.45) is 0 Å². The van der Waals surface area contributed by atoms with Crippen molar-refractivity contribution in [1.29, 1.82) is 0 Å². The topological polar surface area (TPSA) is 94.6 Å². The lowest BCUT2D eigenvalue weighted by Crippen LogP contribution is -2.23. The molecule has 39 heavy (non-hydrogen) atoms. The van der Waals surface area contributed by atoms with Crippen molar-refractivity contribution in [3.05, 3.63) is 79.5 Å². The SMILES string of the molecule is COC(=O)c1c(NC(=O)COC(=O)c2c3c(nc4ccccc24)/C(=C/c2cccs2)CCC3)sc2c1CCC2. The van der Waals surface area contributed by atoms with Crippen LogP contribution < -0.4 is 5.32 Å². The van der Waals surface area contributed by atoms with Crippen molar-refractivity contribution in [3.8, 4) is 0 Å². The highest BCUT2D eigenvalue weighted by Crippen LogP contribution is 2.40. The molecule has 0 saturated carbocycles. The van der Waals surface area contributed by atoms with E-state index in [-0.39, 0.29) is 0 Å². The summed E-state index contributed by atoms with van der Waals surface area (Å²) >= 11 is 3.05. The molecule has 0 bridgehead atoms. The number of nitrogens with zero attached hydrogens (tertiary/aromatic N) is 1. The van der Waals surface area contributed by atoms with Crippen LogP contribution in [0, 0.1) is 0 Å². The molecule has 0 radical (unpaired) electrons. The van der Waals surface area contributed by atoms with Gasteiger partial charge in [0.15, 0.2) is 6.61 Å². The van der Waals surface area contributed by atoms with Crippen molar-refractivity contribution >= 4 is 68.1 Å². The molecule has 0 fully saturated rings. The zero-order valence-electron chi connectivity index (χ0n) is 21.4. The first-order chi connectivity index (χ1) is 19.0. The maximum absolute atomic E-state index is 13.5. The second-order valence-corrected chi connectivity index (χ2v) is 11.6. The first-order valence-corrected chi connectivity index (χ1v) is 14.6. The number of esters is 2. The van der Waals surface area contributed by atoms with Gasteiger partial charge in [-0.05, 0) is 78.8 Å². The first kappa shape index (κ1) is 25.5. The average molecular weight is 559 g/mol. The number of hydrogen-bond acceptors (Lipinski definition) is 8. The second-order valence-electron chi connectivity index (χ2n) is 9.55. The van der Waals surface area contributed by atoms with Gasteiger partial charge in [0, 0.05) is 15.1 Å². The second kappa shape index (κ2) is 10.7. The van der Waals surface area contributed by atoms with Crippen LogP contribution in [-0.2, 0) is 33.5 Å². The molecule has 2 aliphatic rings. The van der Waals surface area contributed by atoms with Crippen LogP contribution in [0.4, 0.5) is 5.00 Å². The number of allylic oxidation sites excluding steroid dienone is 1. The zero-order valence-corrected chi connectivity index (χ0v) is 23.0. The van der Waals surface area contributed by atoms with E-state index in [1.807, 2.05) is 35.7 Å². The summed E-state index contributed by atoms with van der Waals surface area (Å²) < 4.78 is 10.5. The molecule has 1 aromatic carbocycles. The Morgan fingerprint density at radius 3 is 2.62 bits per heavy atom. The van der Waals surface area contributed by atoms with Gasteiger partial charge in [-0.25, -0.2) is 14.6 Å². The predicted molar refractivity (Wildman–Crippen MR) is 153 cm³/mol. The molecule has 0 saturated heterocycles. The van der Waals surface area contributed by atoms with Crippen LogP contribution in [0.15, 0.2) is 41.8 Å². The smallest absolute Gasteiger partial charge is 0.341 e. The molecule has 0 spiro atoms. The number of methoxy groups -OCH3 is 1. The highest BCUT2D eigenvalue weighted by molar-refractivity contribution is 7.17. The third-order valence-electron chi connectivity index (χ3n) is 7.13. The molecule has 7 nitrogen and oxygen atoms in total. The lowest BCUT2D eigenvalue weighted by Gasteiger charge is -2.22. The monoisotopic (exact) mass is 558 g/mol. The number of pyridine rings is 1. The van der Waals surface area contributed by atoms with Gasteiger partial charge in [0.05, 0.1) is 29.4 Å². The Bertz CT molecular complexity index is 1630. The van der Waals surface area contributed by atoms with Gasteiger partial charge in [0.2, 0.25) is 0 Å². The number of rotatable bonds is 6. The fraction of sp³-hybridized carbons (Fsp3) is 0.267. The number of benzene rings is 1. The maximum Gasteiger partial charge on any atom is 0.341 e. The van der Waals surface area contributed by atoms with Crippen LogP contribution >= 0.6 is 22.7 Å². The number of aromatic nitrogens is 1. The maximum atomic E-state index is 13.5. The number of hydrogen-bond donors (Lipinski definition) is 1. The Balaban J connectivity index is 1.27. The van der Waals surface area contributed by atoms with Gasteiger partial charge in [-0.15, -0.1) is 22.7 Å². The molecule has 3 heterocycles. The lowest BCUT2D eigenvalue weighted by atomic mass is 9.86. The summed E-state index contributed by atoms with van der Waals surface area (Å²) in [7, 11) is 1.33. The Kier molecular flexibility index (Phi) is 7.01. The summed E-state index contributed by atoms with van der Waals surface area (Å²) in [6.07, 6.45) is 7.25. The molecular weight excluding hydrogens is 532 g/mol. The number of anilines is 1. The average Bonchev–Trinajstić information content (AvgIpc) is 3.69. The van der Waals surface area contributed by atoms with E-state index in [9.17, 15) is 14.4 Å². The highest BCUT2D eigenvalue weighted by Gasteiger charge is 2.29. The third-order valence-corrected chi connectivity index (χ3v) is 9.16.